The van der Waals surface area contributed by atoms with Gasteiger partial charge in [0.1, 0.15) is 5.82 Å². The largest absolute Gasteiger partial charge is 0.307 e. The van der Waals surface area contributed by atoms with Gasteiger partial charge in [-0.3, -0.25) is 4.57 Å². The van der Waals surface area contributed by atoms with E-state index in [0.29, 0.717) is 6.04 Å². The van der Waals surface area contributed by atoms with Crippen LogP contribution in [-0.4, -0.2) is 16.1 Å². The molecule has 0 bridgehead atoms. The van der Waals surface area contributed by atoms with Gasteiger partial charge in [0, 0.05) is 24.7 Å². The second-order valence-electron chi connectivity index (χ2n) is 5.26. The van der Waals surface area contributed by atoms with E-state index < -0.39 is 0 Å². The number of nitrogens with one attached hydrogen (secondary N) is 1. The maximum atomic E-state index is 4.81. The first-order valence-electron chi connectivity index (χ1n) is 7.17. The molecule has 0 spiro atoms. The predicted molar refractivity (Wildman–Crippen MR) is 81.2 cm³/mol. The molecule has 1 aliphatic rings. The van der Waals surface area contributed by atoms with Gasteiger partial charge in [-0.05, 0) is 29.8 Å². The van der Waals surface area contributed by atoms with Crippen molar-refractivity contribution in [2.24, 2.45) is 0 Å². The molecule has 0 aliphatic carbocycles. The zero-order valence-corrected chi connectivity index (χ0v) is 11.5. The van der Waals surface area contributed by atoms with Crippen LogP contribution < -0.4 is 5.32 Å². The molecule has 0 unspecified atom stereocenters. The third-order valence-electron chi connectivity index (χ3n) is 3.89. The molecule has 1 N–H and O–H groups in total. The molecule has 0 saturated carbocycles. The minimum atomic E-state index is 0.534. The van der Waals surface area contributed by atoms with Crippen molar-refractivity contribution in [1.82, 2.24) is 14.9 Å². The third-order valence-corrected chi connectivity index (χ3v) is 3.89. The molecule has 3 nitrogen and oxygen atoms in total. The summed E-state index contributed by atoms with van der Waals surface area (Å²) in [7, 11) is 0. The fraction of sp³-hybridized carbons (Fsp3) is 0.235. The summed E-state index contributed by atoms with van der Waals surface area (Å²) in [6.45, 7) is 3.25. The van der Waals surface area contributed by atoms with E-state index in [1.165, 1.54) is 16.8 Å². The zero-order valence-electron chi connectivity index (χ0n) is 11.5. The number of para-hydroxylation sites is 1. The van der Waals surface area contributed by atoms with Gasteiger partial charge in [-0.15, -0.1) is 0 Å². The molecule has 2 aromatic carbocycles. The first-order valence-corrected chi connectivity index (χ1v) is 7.17. The number of nitrogens with zero attached hydrogens (tertiary/aromatic N) is 2. The molecule has 3 aromatic rings. The summed E-state index contributed by atoms with van der Waals surface area (Å²) in [5, 5.41) is 3.35. The van der Waals surface area contributed by atoms with Crippen molar-refractivity contribution in [2.45, 2.75) is 19.4 Å². The van der Waals surface area contributed by atoms with Crippen LogP contribution in [0.2, 0.25) is 0 Å². The number of aromatic nitrogens is 2. The van der Waals surface area contributed by atoms with Crippen LogP contribution in [0.3, 0.4) is 0 Å². The lowest BCUT2D eigenvalue weighted by atomic mass is 10.1. The van der Waals surface area contributed by atoms with Gasteiger partial charge in [0.15, 0.2) is 0 Å². The molecule has 100 valence electrons. The van der Waals surface area contributed by atoms with Crippen LogP contribution >= 0.6 is 0 Å². The molecule has 1 atom stereocenters. The van der Waals surface area contributed by atoms with Crippen molar-refractivity contribution in [3.63, 3.8) is 0 Å². The number of hydrogen-bond donors (Lipinski definition) is 1. The number of fused-ring (bicyclic) bond motifs is 1. The molecule has 0 radical (unpaired) electrons. The Balaban J connectivity index is 1.94. The summed E-state index contributed by atoms with van der Waals surface area (Å²) in [5.74, 6) is 1.12. The zero-order chi connectivity index (χ0) is 13.5. The van der Waals surface area contributed by atoms with Gasteiger partial charge in [-0.1, -0.05) is 31.2 Å². The first kappa shape index (κ1) is 11.7. The van der Waals surface area contributed by atoms with Crippen molar-refractivity contribution < 1.29 is 0 Å². The molecular formula is C17H17N3. The Morgan fingerprint density at radius 1 is 1.20 bits per heavy atom. The van der Waals surface area contributed by atoms with Crippen LogP contribution in [0.1, 0.15) is 24.4 Å². The van der Waals surface area contributed by atoms with E-state index >= 15 is 0 Å². The van der Waals surface area contributed by atoms with E-state index in [-0.39, 0.29) is 0 Å². The minimum absolute atomic E-state index is 0.534. The lowest BCUT2D eigenvalue weighted by Gasteiger charge is -2.08. The maximum absolute atomic E-state index is 4.81. The molecule has 1 aromatic heterocycles. The Kier molecular flexibility index (Phi) is 2.60. The fourth-order valence-corrected chi connectivity index (χ4v) is 2.76. The van der Waals surface area contributed by atoms with E-state index in [0.717, 1.165) is 24.3 Å². The second kappa shape index (κ2) is 4.46. The molecule has 0 amide bonds. The molecule has 4 rings (SSSR count). The molecule has 1 saturated heterocycles. The van der Waals surface area contributed by atoms with E-state index in [1.807, 2.05) is 6.07 Å². The van der Waals surface area contributed by atoms with Crippen molar-refractivity contribution in [2.75, 3.05) is 6.54 Å². The van der Waals surface area contributed by atoms with Crippen LogP contribution in [0, 0.1) is 0 Å². The number of hydrogen-bond acceptors (Lipinski definition) is 2. The van der Waals surface area contributed by atoms with Crippen molar-refractivity contribution in [3.8, 4) is 5.69 Å². The molecule has 1 fully saturated rings. The van der Waals surface area contributed by atoms with Crippen LogP contribution in [0.5, 0.6) is 0 Å². The van der Waals surface area contributed by atoms with Gasteiger partial charge in [0.25, 0.3) is 0 Å². The normalized spacial score (nSPS) is 17.6. The van der Waals surface area contributed by atoms with Gasteiger partial charge in [-0.25, -0.2) is 4.98 Å². The van der Waals surface area contributed by atoms with Gasteiger partial charge < -0.3 is 5.32 Å². The Morgan fingerprint density at radius 3 is 2.70 bits per heavy atom. The fourth-order valence-electron chi connectivity index (χ4n) is 2.76. The van der Waals surface area contributed by atoms with Gasteiger partial charge in [0.05, 0.1) is 11.0 Å². The number of rotatable bonds is 3. The van der Waals surface area contributed by atoms with Crippen molar-refractivity contribution in [3.05, 3.63) is 59.9 Å². The highest BCUT2D eigenvalue weighted by Crippen LogP contribution is 2.27. The molecule has 20 heavy (non-hydrogen) atoms. The molecule has 3 heteroatoms. The van der Waals surface area contributed by atoms with Crippen molar-refractivity contribution >= 4 is 11.0 Å². The maximum Gasteiger partial charge on any atom is 0.114 e. The van der Waals surface area contributed by atoms with Crippen LogP contribution in [-0.2, 0) is 6.42 Å². The van der Waals surface area contributed by atoms with Crippen molar-refractivity contribution in [1.29, 1.82) is 0 Å². The smallest absolute Gasteiger partial charge is 0.114 e. The lowest BCUT2D eigenvalue weighted by Crippen LogP contribution is -1.99. The SMILES string of the molecule is CCc1nc2cc([C@H]3CN3)ccc2n1-c1ccccc1. The summed E-state index contributed by atoms with van der Waals surface area (Å²) in [6.07, 6.45) is 0.931. The predicted octanol–water partition coefficient (Wildman–Crippen LogP) is 3.23. The van der Waals surface area contributed by atoms with Crippen LogP contribution in [0.4, 0.5) is 0 Å². The number of aryl methyl sites for hydroxylation is 1. The number of imidazole rings is 1. The second-order valence-corrected chi connectivity index (χ2v) is 5.26. The Bertz CT molecular complexity index is 755. The Morgan fingerprint density at radius 2 is 2.00 bits per heavy atom. The standard InChI is InChI=1S/C17H17N3/c1-2-17-19-14-10-12(15-11-18-15)8-9-16(14)20(17)13-6-4-3-5-7-13/h3-10,15,18H,2,11H2,1H3/t15-/m1/s1. The Hall–Kier alpha value is -2.13. The van der Waals surface area contributed by atoms with Crippen LogP contribution in [0.25, 0.3) is 16.7 Å². The van der Waals surface area contributed by atoms with E-state index in [2.05, 4.69) is 59.3 Å². The highest BCUT2D eigenvalue weighted by atomic mass is 15.1. The summed E-state index contributed by atoms with van der Waals surface area (Å²) in [5.41, 5.74) is 4.82. The summed E-state index contributed by atoms with van der Waals surface area (Å²) in [6, 6.07) is 17.6. The highest BCUT2D eigenvalue weighted by Gasteiger charge is 2.23. The van der Waals surface area contributed by atoms with E-state index in [1.54, 1.807) is 0 Å². The summed E-state index contributed by atoms with van der Waals surface area (Å²) in [4.78, 5) is 4.81. The van der Waals surface area contributed by atoms with Crippen LogP contribution in [0.15, 0.2) is 48.5 Å². The lowest BCUT2D eigenvalue weighted by molar-refractivity contribution is 0.908. The molecule has 2 heterocycles. The monoisotopic (exact) mass is 263 g/mol. The topological polar surface area (TPSA) is 39.8 Å². The number of benzene rings is 2. The average Bonchev–Trinajstić information content (AvgIpc) is 3.28. The van der Waals surface area contributed by atoms with Gasteiger partial charge >= 0.3 is 0 Å². The third kappa shape index (κ3) is 1.82. The first-order chi connectivity index (χ1) is 9.86. The van der Waals surface area contributed by atoms with E-state index in [9.17, 15) is 0 Å². The van der Waals surface area contributed by atoms with E-state index in [4.69, 9.17) is 4.98 Å². The minimum Gasteiger partial charge on any atom is -0.307 e. The van der Waals surface area contributed by atoms with Gasteiger partial charge in [-0.2, -0.15) is 0 Å². The summed E-state index contributed by atoms with van der Waals surface area (Å²) >= 11 is 0. The molecular weight excluding hydrogens is 246 g/mol. The Labute approximate surface area is 118 Å². The summed E-state index contributed by atoms with van der Waals surface area (Å²) < 4.78 is 2.26. The molecule has 1 aliphatic heterocycles. The average molecular weight is 263 g/mol. The highest BCUT2D eigenvalue weighted by molar-refractivity contribution is 5.79. The van der Waals surface area contributed by atoms with Gasteiger partial charge in [0.2, 0.25) is 0 Å². The quantitative estimate of drug-likeness (QED) is 0.737.